The number of allylic oxidation sites excluding steroid dienone is 6. The summed E-state index contributed by atoms with van der Waals surface area (Å²) < 4.78 is 0. The van der Waals surface area contributed by atoms with E-state index in [2.05, 4.69) is 30.4 Å². The molecule has 0 atom stereocenters. The van der Waals surface area contributed by atoms with E-state index in [9.17, 15) is 0 Å². The highest BCUT2D eigenvalue weighted by Gasteiger charge is 1.85. The summed E-state index contributed by atoms with van der Waals surface area (Å²) in [6, 6.07) is 0. The second kappa shape index (κ2) is 6.90. The second-order valence-corrected chi connectivity index (χ2v) is 3.11. The lowest BCUT2D eigenvalue weighted by atomic mass is 10.1. The van der Waals surface area contributed by atoms with E-state index >= 15 is 0 Å². The fraction of sp³-hybridized carbons (Fsp3) is 0.500. The summed E-state index contributed by atoms with van der Waals surface area (Å²) in [4.78, 5) is 0. The van der Waals surface area contributed by atoms with E-state index in [1.165, 1.54) is 32.1 Å². The molecular formula is C12H17. The molecule has 0 saturated carbocycles. The van der Waals surface area contributed by atoms with Crippen LogP contribution >= 0.6 is 0 Å². The van der Waals surface area contributed by atoms with Gasteiger partial charge in [0.05, 0.1) is 0 Å². The van der Waals surface area contributed by atoms with Crippen LogP contribution in [0.3, 0.4) is 0 Å². The molecule has 1 aliphatic rings. The summed E-state index contributed by atoms with van der Waals surface area (Å²) in [5, 5.41) is 0. The van der Waals surface area contributed by atoms with E-state index in [1.807, 2.05) is 6.08 Å². The molecule has 0 aromatic rings. The van der Waals surface area contributed by atoms with Crippen LogP contribution in [0.1, 0.15) is 38.5 Å². The van der Waals surface area contributed by atoms with Crippen LogP contribution in [0.25, 0.3) is 0 Å². The summed E-state index contributed by atoms with van der Waals surface area (Å²) in [6.45, 7) is 0. The summed E-state index contributed by atoms with van der Waals surface area (Å²) >= 11 is 0. The standard InChI is InChI=1S/C12H17/c1-2-4-6-8-10-12-11-9-7-5-3-1/h1-3,9,11H,4,6-8,10,12H2/b2-1-,5-3?,11-9+. The minimum Gasteiger partial charge on any atom is -0.0882 e. The van der Waals surface area contributed by atoms with Gasteiger partial charge >= 0.3 is 0 Å². The first-order chi connectivity index (χ1) is 6.00. The van der Waals surface area contributed by atoms with Gasteiger partial charge in [0, 0.05) is 0 Å². The van der Waals surface area contributed by atoms with Crippen LogP contribution in [-0.2, 0) is 0 Å². The minimum absolute atomic E-state index is 0.963. The lowest BCUT2D eigenvalue weighted by Gasteiger charge is -1.95. The van der Waals surface area contributed by atoms with Crippen molar-refractivity contribution in [1.29, 1.82) is 0 Å². The smallest absolute Gasteiger partial charge is 0.00946 e. The Morgan fingerprint density at radius 3 is 2.58 bits per heavy atom. The van der Waals surface area contributed by atoms with E-state index in [0.717, 1.165) is 6.42 Å². The van der Waals surface area contributed by atoms with Crippen LogP contribution in [0.5, 0.6) is 0 Å². The van der Waals surface area contributed by atoms with E-state index in [0.29, 0.717) is 0 Å². The zero-order chi connectivity index (χ0) is 8.49. The van der Waals surface area contributed by atoms with E-state index < -0.39 is 0 Å². The van der Waals surface area contributed by atoms with E-state index in [4.69, 9.17) is 0 Å². The van der Waals surface area contributed by atoms with Crippen molar-refractivity contribution in [3.8, 4) is 0 Å². The van der Waals surface area contributed by atoms with Gasteiger partial charge in [-0.2, -0.15) is 0 Å². The van der Waals surface area contributed by atoms with Crippen LogP contribution < -0.4 is 0 Å². The molecule has 0 fully saturated rings. The molecule has 0 aromatic heterocycles. The predicted molar refractivity (Wildman–Crippen MR) is 53.8 cm³/mol. The Labute approximate surface area is 75.7 Å². The minimum atomic E-state index is 0.963. The van der Waals surface area contributed by atoms with Crippen molar-refractivity contribution in [2.24, 2.45) is 0 Å². The Bertz CT molecular complexity index is 172. The highest BCUT2D eigenvalue weighted by Crippen LogP contribution is 2.05. The van der Waals surface area contributed by atoms with Crippen molar-refractivity contribution in [3.63, 3.8) is 0 Å². The van der Waals surface area contributed by atoms with E-state index in [1.54, 1.807) is 0 Å². The molecule has 0 heteroatoms. The average molecular weight is 161 g/mol. The molecule has 1 aliphatic carbocycles. The molecule has 0 bridgehead atoms. The van der Waals surface area contributed by atoms with Gasteiger partial charge in [-0.1, -0.05) is 36.8 Å². The van der Waals surface area contributed by atoms with Crippen molar-refractivity contribution < 1.29 is 0 Å². The Morgan fingerprint density at radius 1 is 0.833 bits per heavy atom. The number of hydrogen-bond donors (Lipinski definition) is 0. The molecule has 0 aliphatic heterocycles. The third-order valence-electron chi connectivity index (χ3n) is 1.99. The summed E-state index contributed by atoms with van der Waals surface area (Å²) in [5.41, 5.74) is 0. The fourth-order valence-electron chi connectivity index (χ4n) is 1.27. The van der Waals surface area contributed by atoms with Gasteiger partial charge < -0.3 is 0 Å². The molecular weight excluding hydrogens is 144 g/mol. The van der Waals surface area contributed by atoms with Crippen LogP contribution in [0.2, 0.25) is 0 Å². The first-order valence-corrected chi connectivity index (χ1v) is 4.87. The van der Waals surface area contributed by atoms with Crippen LogP contribution in [0.15, 0.2) is 30.4 Å². The predicted octanol–water partition coefficient (Wildman–Crippen LogP) is 3.81. The maximum Gasteiger partial charge on any atom is -0.00946 e. The number of hydrogen-bond acceptors (Lipinski definition) is 0. The van der Waals surface area contributed by atoms with Gasteiger partial charge in [-0.3, -0.25) is 0 Å². The van der Waals surface area contributed by atoms with Crippen LogP contribution in [-0.4, -0.2) is 0 Å². The van der Waals surface area contributed by atoms with Crippen molar-refractivity contribution in [3.05, 3.63) is 36.5 Å². The second-order valence-electron chi connectivity index (χ2n) is 3.11. The monoisotopic (exact) mass is 161 g/mol. The van der Waals surface area contributed by atoms with Crippen molar-refractivity contribution in [1.82, 2.24) is 0 Å². The van der Waals surface area contributed by atoms with Crippen LogP contribution in [0.4, 0.5) is 0 Å². The first-order valence-electron chi connectivity index (χ1n) is 4.87. The zero-order valence-electron chi connectivity index (χ0n) is 7.63. The number of rotatable bonds is 0. The molecule has 0 unspecified atom stereocenters. The normalized spacial score (nSPS) is 28.0. The molecule has 1 radical (unpaired) electrons. The SMILES string of the molecule is [C]1=C/C=C\CCCCC/C=C/C/1. The fourth-order valence-corrected chi connectivity index (χ4v) is 1.27. The average Bonchev–Trinajstić information content (AvgIpc) is 2.05. The third-order valence-corrected chi connectivity index (χ3v) is 1.99. The maximum absolute atomic E-state index is 3.20. The lowest BCUT2D eigenvalue weighted by Crippen LogP contribution is -1.75. The molecule has 65 valence electrons. The van der Waals surface area contributed by atoms with Gasteiger partial charge in [-0.05, 0) is 38.2 Å². The molecule has 0 aromatic carbocycles. The topological polar surface area (TPSA) is 0 Å². The molecule has 1 rings (SSSR count). The molecule has 0 N–H and O–H groups in total. The van der Waals surface area contributed by atoms with Gasteiger partial charge in [-0.25, -0.2) is 0 Å². The largest absolute Gasteiger partial charge is 0.0882 e. The molecule has 0 saturated heterocycles. The Balaban J connectivity index is 2.31. The maximum atomic E-state index is 3.20. The molecule has 12 heavy (non-hydrogen) atoms. The molecule has 0 spiro atoms. The van der Waals surface area contributed by atoms with Crippen molar-refractivity contribution in [2.75, 3.05) is 0 Å². The van der Waals surface area contributed by atoms with Crippen LogP contribution in [0, 0.1) is 6.08 Å². The zero-order valence-corrected chi connectivity index (χ0v) is 7.63. The Hall–Kier alpha value is -0.780. The van der Waals surface area contributed by atoms with E-state index in [-0.39, 0.29) is 0 Å². The molecule has 0 nitrogen and oxygen atoms in total. The Morgan fingerprint density at radius 2 is 1.67 bits per heavy atom. The Kier molecular flexibility index (Phi) is 5.35. The quantitative estimate of drug-likeness (QED) is 0.474. The summed E-state index contributed by atoms with van der Waals surface area (Å²) in [5.74, 6) is 0. The van der Waals surface area contributed by atoms with Crippen molar-refractivity contribution in [2.45, 2.75) is 38.5 Å². The van der Waals surface area contributed by atoms with Gasteiger partial charge in [-0.15, -0.1) is 0 Å². The summed E-state index contributed by atoms with van der Waals surface area (Å²) in [6.07, 6.45) is 21.5. The van der Waals surface area contributed by atoms with Crippen molar-refractivity contribution >= 4 is 0 Å². The van der Waals surface area contributed by atoms with Gasteiger partial charge in [0.1, 0.15) is 0 Å². The van der Waals surface area contributed by atoms with Gasteiger partial charge in [0.2, 0.25) is 0 Å². The molecule has 0 heterocycles. The van der Waals surface area contributed by atoms with Gasteiger partial charge in [0.15, 0.2) is 0 Å². The van der Waals surface area contributed by atoms with Gasteiger partial charge in [0.25, 0.3) is 0 Å². The summed E-state index contributed by atoms with van der Waals surface area (Å²) in [7, 11) is 0. The highest BCUT2D eigenvalue weighted by molar-refractivity contribution is 5.01. The lowest BCUT2D eigenvalue weighted by molar-refractivity contribution is 0.695. The third kappa shape index (κ3) is 4.95. The first kappa shape index (κ1) is 9.31. The molecule has 0 amide bonds. The highest BCUT2D eigenvalue weighted by atomic mass is 13.9.